The molecular formula is C8H7N3O. The molecule has 0 spiro atoms. The van der Waals surface area contributed by atoms with Crippen LogP contribution in [0.2, 0.25) is 0 Å². The Morgan fingerprint density at radius 3 is 3.17 bits per heavy atom. The summed E-state index contributed by atoms with van der Waals surface area (Å²) in [5, 5.41) is 6.90. The van der Waals surface area contributed by atoms with E-state index in [0.717, 1.165) is 5.52 Å². The molecule has 4 heteroatoms. The van der Waals surface area contributed by atoms with Crippen molar-refractivity contribution in [3.63, 3.8) is 0 Å². The summed E-state index contributed by atoms with van der Waals surface area (Å²) in [5.41, 5.74) is 1.69. The fraction of sp³-hybridized carbons (Fsp3) is 0.125. The monoisotopic (exact) mass is 161 g/mol. The minimum atomic E-state index is 0.141. The van der Waals surface area contributed by atoms with Crippen molar-refractivity contribution in [3.05, 3.63) is 41.1 Å². The molecule has 0 saturated heterocycles. The first-order valence-electron chi connectivity index (χ1n) is 3.62. The first-order valence-corrected chi connectivity index (χ1v) is 3.62. The number of pyridine rings is 1. The van der Waals surface area contributed by atoms with E-state index in [-0.39, 0.29) is 6.54 Å². The van der Waals surface area contributed by atoms with E-state index < -0.39 is 0 Å². The van der Waals surface area contributed by atoms with E-state index in [4.69, 9.17) is 0 Å². The van der Waals surface area contributed by atoms with Crippen LogP contribution in [0.3, 0.4) is 0 Å². The summed E-state index contributed by atoms with van der Waals surface area (Å²) in [7, 11) is 0. The average Bonchev–Trinajstić information content (AvgIpc) is 2.47. The molecule has 0 aliphatic rings. The normalized spacial score (nSPS) is 10.3. The Morgan fingerprint density at radius 2 is 2.42 bits per heavy atom. The van der Waals surface area contributed by atoms with Crippen LogP contribution >= 0.6 is 0 Å². The quantitative estimate of drug-likeness (QED) is 0.628. The highest BCUT2D eigenvalue weighted by atomic mass is 16.3. The van der Waals surface area contributed by atoms with Gasteiger partial charge >= 0.3 is 0 Å². The Balaban J connectivity index is 2.54. The smallest absolute Gasteiger partial charge is 0.125 e. The molecule has 0 N–H and O–H groups in total. The maximum Gasteiger partial charge on any atom is 0.125 e. The van der Waals surface area contributed by atoms with Gasteiger partial charge in [-0.2, -0.15) is 10.0 Å². The predicted octanol–water partition coefficient (Wildman–Crippen LogP) is 1.60. The molecule has 0 fully saturated rings. The summed E-state index contributed by atoms with van der Waals surface area (Å²) in [5.74, 6) is 0. The Kier molecular flexibility index (Phi) is 1.59. The summed E-state index contributed by atoms with van der Waals surface area (Å²) in [4.78, 5) is 9.95. The lowest BCUT2D eigenvalue weighted by atomic mass is 10.3. The Bertz CT molecular complexity index is 374. The molecule has 0 aromatic carbocycles. The molecule has 0 bridgehead atoms. The molecule has 4 nitrogen and oxygen atoms in total. The number of nitroso groups, excluding NO2 is 1. The van der Waals surface area contributed by atoms with Crippen molar-refractivity contribution in [2.45, 2.75) is 6.54 Å². The van der Waals surface area contributed by atoms with Crippen molar-refractivity contribution in [3.8, 4) is 0 Å². The molecule has 0 unspecified atom stereocenters. The van der Waals surface area contributed by atoms with E-state index in [1.54, 1.807) is 4.52 Å². The fourth-order valence-electron chi connectivity index (χ4n) is 1.13. The van der Waals surface area contributed by atoms with E-state index in [2.05, 4.69) is 10.3 Å². The van der Waals surface area contributed by atoms with Gasteiger partial charge in [-0.05, 0) is 18.2 Å². The minimum absolute atomic E-state index is 0.141. The van der Waals surface area contributed by atoms with E-state index in [1.165, 1.54) is 0 Å². The zero-order chi connectivity index (χ0) is 8.39. The summed E-state index contributed by atoms with van der Waals surface area (Å²) >= 11 is 0. The van der Waals surface area contributed by atoms with Crippen LogP contribution in [0.25, 0.3) is 5.52 Å². The van der Waals surface area contributed by atoms with Gasteiger partial charge in [0.2, 0.25) is 0 Å². The second-order valence-corrected chi connectivity index (χ2v) is 2.49. The van der Waals surface area contributed by atoms with Gasteiger partial charge in [-0.1, -0.05) is 11.2 Å². The second kappa shape index (κ2) is 2.73. The average molecular weight is 161 g/mol. The number of aromatic nitrogens is 2. The molecule has 2 aromatic heterocycles. The summed E-state index contributed by atoms with van der Waals surface area (Å²) in [6, 6.07) is 7.59. The molecule has 0 atom stereocenters. The highest BCUT2D eigenvalue weighted by Gasteiger charge is 1.98. The van der Waals surface area contributed by atoms with Crippen LogP contribution in [0, 0.1) is 4.91 Å². The van der Waals surface area contributed by atoms with Crippen molar-refractivity contribution in [2.75, 3.05) is 0 Å². The van der Waals surface area contributed by atoms with Gasteiger partial charge in [-0.3, -0.25) is 0 Å². The van der Waals surface area contributed by atoms with E-state index in [1.807, 2.05) is 30.5 Å². The van der Waals surface area contributed by atoms with Crippen molar-refractivity contribution >= 4 is 5.52 Å². The Labute approximate surface area is 68.8 Å². The maximum atomic E-state index is 9.95. The zero-order valence-corrected chi connectivity index (χ0v) is 6.34. The first kappa shape index (κ1) is 6.97. The lowest BCUT2D eigenvalue weighted by molar-refractivity contribution is 0.881. The molecule has 0 amide bonds. The van der Waals surface area contributed by atoms with Crippen molar-refractivity contribution in [1.82, 2.24) is 9.61 Å². The molecule has 0 radical (unpaired) electrons. The molecule has 12 heavy (non-hydrogen) atoms. The zero-order valence-electron chi connectivity index (χ0n) is 6.34. The molecule has 60 valence electrons. The summed E-state index contributed by atoms with van der Waals surface area (Å²) in [6.07, 6.45) is 1.84. The number of rotatable bonds is 2. The van der Waals surface area contributed by atoms with Crippen LogP contribution in [0.5, 0.6) is 0 Å². The number of nitrogens with zero attached hydrogens (tertiary/aromatic N) is 3. The highest BCUT2D eigenvalue weighted by Crippen LogP contribution is 2.05. The topological polar surface area (TPSA) is 46.7 Å². The van der Waals surface area contributed by atoms with Gasteiger partial charge in [-0.25, -0.2) is 4.52 Å². The lowest BCUT2D eigenvalue weighted by Gasteiger charge is -1.87. The molecule has 0 saturated carbocycles. The lowest BCUT2D eigenvalue weighted by Crippen LogP contribution is -1.86. The Hall–Kier alpha value is -1.71. The van der Waals surface area contributed by atoms with Crippen LogP contribution < -0.4 is 0 Å². The third kappa shape index (κ3) is 1.07. The van der Waals surface area contributed by atoms with E-state index in [9.17, 15) is 4.91 Å². The third-order valence-corrected chi connectivity index (χ3v) is 1.65. The maximum absolute atomic E-state index is 9.95. The van der Waals surface area contributed by atoms with E-state index >= 15 is 0 Å². The van der Waals surface area contributed by atoms with Gasteiger partial charge in [0.15, 0.2) is 0 Å². The van der Waals surface area contributed by atoms with Crippen LogP contribution in [0.4, 0.5) is 0 Å². The van der Waals surface area contributed by atoms with Crippen molar-refractivity contribution in [1.29, 1.82) is 0 Å². The van der Waals surface area contributed by atoms with Gasteiger partial charge in [0.1, 0.15) is 6.54 Å². The van der Waals surface area contributed by atoms with Crippen LogP contribution in [0.1, 0.15) is 5.69 Å². The van der Waals surface area contributed by atoms with Gasteiger partial charge in [0.05, 0.1) is 11.2 Å². The van der Waals surface area contributed by atoms with Crippen molar-refractivity contribution < 1.29 is 0 Å². The molecule has 0 aliphatic carbocycles. The number of hydrogen-bond acceptors (Lipinski definition) is 3. The standard InChI is InChI=1S/C8H7N3O/c12-9-6-7-5-8-3-1-2-4-11(8)10-7/h1-5H,6H2. The van der Waals surface area contributed by atoms with Gasteiger partial charge in [-0.15, -0.1) is 0 Å². The number of hydrogen-bond donors (Lipinski definition) is 0. The van der Waals surface area contributed by atoms with Gasteiger partial charge < -0.3 is 0 Å². The molecule has 2 aromatic rings. The minimum Gasteiger partial charge on any atom is -0.241 e. The van der Waals surface area contributed by atoms with Gasteiger partial charge in [0.25, 0.3) is 0 Å². The molecule has 2 heterocycles. The first-order chi connectivity index (χ1) is 5.90. The largest absolute Gasteiger partial charge is 0.241 e. The highest BCUT2D eigenvalue weighted by molar-refractivity contribution is 5.46. The third-order valence-electron chi connectivity index (χ3n) is 1.65. The Morgan fingerprint density at radius 1 is 1.50 bits per heavy atom. The predicted molar refractivity (Wildman–Crippen MR) is 44.7 cm³/mol. The van der Waals surface area contributed by atoms with E-state index in [0.29, 0.717) is 5.69 Å². The SMILES string of the molecule is O=NCc1cc2ccccn2n1. The summed E-state index contributed by atoms with van der Waals surface area (Å²) in [6.45, 7) is 0.141. The summed E-state index contributed by atoms with van der Waals surface area (Å²) < 4.78 is 1.72. The van der Waals surface area contributed by atoms with Crippen LogP contribution in [-0.4, -0.2) is 9.61 Å². The molecule has 2 rings (SSSR count). The fourth-order valence-corrected chi connectivity index (χ4v) is 1.13. The second-order valence-electron chi connectivity index (χ2n) is 2.49. The molecular weight excluding hydrogens is 154 g/mol. The van der Waals surface area contributed by atoms with Gasteiger partial charge in [0, 0.05) is 6.20 Å². The number of fused-ring (bicyclic) bond motifs is 1. The van der Waals surface area contributed by atoms with Crippen molar-refractivity contribution in [2.24, 2.45) is 5.18 Å². The molecule has 0 aliphatic heterocycles. The van der Waals surface area contributed by atoms with Crippen LogP contribution in [-0.2, 0) is 6.54 Å². The van der Waals surface area contributed by atoms with Crippen LogP contribution in [0.15, 0.2) is 35.6 Å².